The van der Waals surface area contributed by atoms with Gasteiger partial charge in [-0.25, -0.2) is 0 Å². The molecule has 1 aliphatic rings. The topological polar surface area (TPSA) is 49.6 Å². The van der Waals surface area contributed by atoms with Gasteiger partial charge in [0.1, 0.15) is 0 Å². The Bertz CT molecular complexity index is 218. The summed E-state index contributed by atoms with van der Waals surface area (Å²) in [6.07, 6.45) is 4.77. The van der Waals surface area contributed by atoms with Crippen molar-refractivity contribution in [3.05, 3.63) is 0 Å². The summed E-state index contributed by atoms with van der Waals surface area (Å²) in [5.41, 5.74) is 5.40. The average molecular weight is 213 g/mol. The molecule has 0 aliphatic heterocycles. The number of likely N-dealkylation sites (N-methyl/N-ethyl adjacent to an activating group) is 2. The number of amides is 1. The van der Waals surface area contributed by atoms with Gasteiger partial charge in [0.2, 0.25) is 5.91 Å². The van der Waals surface area contributed by atoms with Crippen molar-refractivity contribution in [2.75, 3.05) is 27.7 Å². The molecule has 0 aromatic carbocycles. The van der Waals surface area contributed by atoms with Crippen molar-refractivity contribution in [2.24, 2.45) is 5.73 Å². The van der Waals surface area contributed by atoms with Crippen LogP contribution in [0.3, 0.4) is 0 Å². The van der Waals surface area contributed by atoms with Crippen molar-refractivity contribution in [3.63, 3.8) is 0 Å². The van der Waals surface area contributed by atoms with Crippen LogP contribution in [-0.2, 0) is 4.79 Å². The molecule has 2 atom stereocenters. The van der Waals surface area contributed by atoms with Gasteiger partial charge in [-0.3, -0.25) is 4.79 Å². The minimum Gasteiger partial charge on any atom is -0.340 e. The van der Waals surface area contributed by atoms with E-state index in [0.29, 0.717) is 12.1 Å². The van der Waals surface area contributed by atoms with Crippen LogP contribution in [0, 0.1) is 0 Å². The molecule has 1 amide bonds. The molecule has 1 aliphatic carbocycles. The lowest BCUT2D eigenvalue weighted by molar-refractivity contribution is -0.132. The Hall–Kier alpha value is -0.610. The third-order valence-corrected chi connectivity index (χ3v) is 3.42. The van der Waals surface area contributed by atoms with Gasteiger partial charge in [-0.15, -0.1) is 0 Å². The van der Waals surface area contributed by atoms with E-state index in [9.17, 15) is 4.79 Å². The smallest absolute Gasteiger partial charge is 0.236 e. The van der Waals surface area contributed by atoms with E-state index in [0.717, 1.165) is 6.42 Å². The normalized spacial score (nSPS) is 26.7. The van der Waals surface area contributed by atoms with Crippen LogP contribution in [0.25, 0.3) is 0 Å². The molecule has 1 rings (SSSR count). The molecule has 0 aromatic rings. The van der Waals surface area contributed by atoms with Crippen LogP contribution in [0.5, 0.6) is 0 Å². The quantitative estimate of drug-likeness (QED) is 0.732. The Balaban J connectivity index is 2.67. The molecule has 4 heteroatoms. The van der Waals surface area contributed by atoms with E-state index < -0.39 is 0 Å². The lowest BCUT2D eigenvalue weighted by Gasteiger charge is -2.41. The molecular formula is C11H23N3O. The number of carbonyl (C=O) groups excluding carboxylic acids is 1. The SMILES string of the molecule is CN(C)[C@@H]1CCCC[C@H]1N(C)C(=O)CN. The van der Waals surface area contributed by atoms with Crippen molar-refractivity contribution in [2.45, 2.75) is 37.8 Å². The minimum atomic E-state index is 0.0498. The highest BCUT2D eigenvalue weighted by molar-refractivity contribution is 5.78. The Kier molecular flexibility index (Phi) is 4.54. The Labute approximate surface area is 92.4 Å². The summed E-state index contributed by atoms with van der Waals surface area (Å²) >= 11 is 0. The molecule has 0 bridgehead atoms. The van der Waals surface area contributed by atoms with Crippen molar-refractivity contribution in [1.29, 1.82) is 0 Å². The van der Waals surface area contributed by atoms with Gasteiger partial charge >= 0.3 is 0 Å². The highest BCUT2D eigenvalue weighted by Gasteiger charge is 2.31. The van der Waals surface area contributed by atoms with Crippen molar-refractivity contribution in [1.82, 2.24) is 9.80 Å². The van der Waals surface area contributed by atoms with Crippen LogP contribution in [0.2, 0.25) is 0 Å². The third-order valence-electron chi connectivity index (χ3n) is 3.42. The van der Waals surface area contributed by atoms with Crippen molar-refractivity contribution in [3.8, 4) is 0 Å². The molecule has 0 aromatic heterocycles. The first-order valence-electron chi connectivity index (χ1n) is 5.70. The van der Waals surface area contributed by atoms with Crippen LogP contribution in [-0.4, -0.2) is 55.5 Å². The van der Waals surface area contributed by atoms with Crippen LogP contribution in [0.15, 0.2) is 0 Å². The molecule has 0 unspecified atom stereocenters. The molecule has 1 saturated carbocycles. The Morgan fingerprint density at radius 1 is 1.20 bits per heavy atom. The van der Waals surface area contributed by atoms with Gasteiger partial charge in [0.15, 0.2) is 0 Å². The van der Waals surface area contributed by atoms with E-state index >= 15 is 0 Å². The largest absolute Gasteiger partial charge is 0.340 e. The molecule has 0 saturated heterocycles. The first-order chi connectivity index (χ1) is 7.07. The maximum atomic E-state index is 11.6. The average Bonchev–Trinajstić information content (AvgIpc) is 2.27. The predicted octanol–water partition coefficient (Wildman–Crippen LogP) is 0.276. The third kappa shape index (κ3) is 2.92. The maximum absolute atomic E-state index is 11.6. The zero-order valence-corrected chi connectivity index (χ0v) is 10.1. The Morgan fingerprint density at radius 3 is 2.20 bits per heavy atom. The van der Waals surface area contributed by atoms with Gasteiger partial charge < -0.3 is 15.5 Å². The molecule has 1 fully saturated rings. The molecule has 0 radical (unpaired) electrons. The van der Waals surface area contributed by atoms with Gasteiger partial charge in [0.25, 0.3) is 0 Å². The van der Waals surface area contributed by atoms with Crippen LogP contribution in [0.4, 0.5) is 0 Å². The van der Waals surface area contributed by atoms with Crippen molar-refractivity contribution < 1.29 is 4.79 Å². The first kappa shape index (κ1) is 12.5. The number of rotatable bonds is 3. The fraction of sp³-hybridized carbons (Fsp3) is 0.909. The summed E-state index contributed by atoms with van der Waals surface area (Å²) in [4.78, 5) is 15.6. The maximum Gasteiger partial charge on any atom is 0.236 e. The number of hydrogen-bond acceptors (Lipinski definition) is 3. The van der Waals surface area contributed by atoms with Crippen molar-refractivity contribution >= 4 is 5.91 Å². The number of hydrogen-bond donors (Lipinski definition) is 1. The second-order valence-electron chi connectivity index (χ2n) is 4.59. The summed E-state index contributed by atoms with van der Waals surface area (Å²) in [7, 11) is 6.05. The number of nitrogens with zero attached hydrogens (tertiary/aromatic N) is 2. The molecule has 2 N–H and O–H groups in total. The lowest BCUT2D eigenvalue weighted by atomic mass is 9.88. The molecular weight excluding hydrogens is 190 g/mol. The van der Waals surface area contributed by atoms with Gasteiger partial charge in [-0.05, 0) is 26.9 Å². The fourth-order valence-electron chi connectivity index (χ4n) is 2.47. The Morgan fingerprint density at radius 2 is 1.73 bits per heavy atom. The summed E-state index contributed by atoms with van der Waals surface area (Å²) in [5, 5.41) is 0. The van der Waals surface area contributed by atoms with Gasteiger partial charge in [-0.1, -0.05) is 12.8 Å². The minimum absolute atomic E-state index is 0.0498. The van der Waals surface area contributed by atoms with E-state index in [-0.39, 0.29) is 12.5 Å². The van der Waals surface area contributed by atoms with E-state index in [2.05, 4.69) is 19.0 Å². The molecule has 0 heterocycles. The number of carbonyl (C=O) groups is 1. The first-order valence-corrected chi connectivity index (χ1v) is 5.70. The molecule has 15 heavy (non-hydrogen) atoms. The van der Waals surface area contributed by atoms with Gasteiger partial charge in [0, 0.05) is 19.1 Å². The molecule has 88 valence electrons. The predicted molar refractivity (Wildman–Crippen MR) is 61.6 cm³/mol. The fourth-order valence-corrected chi connectivity index (χ4v) is 2.47. The second kappa shape index (κ2) is 5.47. The summed E-state index contributed by atoms with van der Waals surface area (Å²) < 4.78 is 0. The van der Waals surface area contributed by atoms with E-state index in [1.54, 1.807) is 0 Å². The summed E-state index contributed by atoms with van der Waals surface area (Å²) in [5.74, 6) is 0.0498. The monoisotopic (exact) mass is 213 g/mol. The zero-order valence-electron chi connectivity index (χ0n) is 10.1. The van der Waals surface area contributed by atoms with Gasteiger partial charge in [0.05, 0.1) is 6.54 Å². The highest BCUT2D eigenvalue weighted by Crippen LogP contribution is 2.25. The van der Waals surface area contributed by atoms with E-state index in [4.69, 9.17) is 5.73 Å². The molecule has 4 nitrogen and oxygen atoms in total. The molecule has 0 spiro atoms. The number of nitrogens with two attached hydrogens (primary N) is 1. The van der Waals surface area contributed by atoms with Crippen LogP contribution < -0.4 is 5.73 Å². The van der Waals surface area contributed by atoms with Gasteiger partial charge in [-0.2, -0.15) is 0 Å². The van der Waals surface area contributed by atoms with E-state index in [1.165, 1.54) is 19.3 Å². The van der Waals surface area contributed by atoms with E-state index in [1.807, 2.05) is 11.9 Å². The lowest BCUT2D eigenvalue weighted by Crippen LogP contribution is -2.52. The van der Waals surface area contributed by atoms with Crippen LogP contribution >= 0.6 is 0 Å². The second-order valence-corrected chi connectivity index (χ2v) is 4.59. The zero-order chi connectivity index (χ0) is 11.4. The highest BCUT2D eigenvalue weighted by atomic mass is 16.2. The summed E-state index contributed by atoms with van der Waals surface area (Å²) in [6, 6.07) is 0.823. The van der Waals surface area contributed by atoms with Crippen LogP contribution in [0.1, 0.15) is 25.7 Å². The standard InChI is InChI=1S/C11H23N3O/c1-13(2)9-6-4-5-7-10(9)14(3)11(15)8-12/h9-10H,4-8,12H2,1-3H3/t9-,10-/m1/s1. The summed E-state index contributed by atoms with van der Waals surface area (Å²) in [6.45, 7) is 0.118.